The number of ketones is 1. The van der Waals surface area contributed by atoms with Crippen LogP contribution in [-0.2, 0) is 4.79 Å². The summed E-state index contributed by atoms with van der Waals surface area (Å²) in [5.41, 5.74) is 6.81. The van der Waals surface area contributed by atoms with E-state index in [2.05, 4.69) is 76.3 Å². The lowest BCUT2D eigenvalue weighted by Crippen LogP contribution is -2.04. The third-order valence-corrected chi connectivity index (χ3v) is 4.43. The molecule has 2 rings (SSSR count). The standard InChI is InChI=1S/C13H17NO2.C11H15N.C4H10.2C2H6.C2H4/c1-3-12(15)7-10(2)9-14-11-5-4-6-13(16)8-11;1-8-5-6-11(7-9(8)2)10(3)12-4;1-4(2)3;3*1-2/h4-8,14,16H,3,9H2,1-2H3;5-7H,1-4H3;4H,1-3H3;2*1-2H3;1-2H2/b10-7+;;;;;. The highest BCUT2D eigenvalue weighted by Gasteiger charge is 1.98. The average molecular weight is 527 g/mol. The minimum absolute atomic E-state index is 0.134. The van der Waals surface area contributed by atoms with Crippen molar-refractivity contribution in [2.45, 2.75) is 89.5 Å². The summed E-state index contributed by atoms with van der Waals surface area (Å²) in [6, 6.07) is 13.3. The number of benzene rings is 2. The molecule has 0 saturated carbocycles. The molecule has 0 aliphatic heterocycles. The minimum atomic E-state index is 0.134. The van der Waals surface area contributed by atoms with Gasteiger partial charge in [-0.2, -0.15) is 0 Å². The fourth-order valence-corrected chi connectivity index (χ4v) is 2.38. The maximum absolute atomic E-state index is 11.1. The molecule has 0 heterocycles. The number of hydrogen-bond acceptors (Lipinski definition) is 4. The van der Waals surface area contributed by atoms with Gasteiger partial charge >= 0.3 is 0 Å². The van der Waals surface area contributed by atoms with Crippen LogP contribution in [0.2, 0.25) is 0 Å². The normalized spacial score (nSPS) is 9.84. The molecule has 0 amide bonds. The lowest BCUT2D eigenvalue weighted by Gasteiger charge is -2.06. The van der Waals surface area contributed by atoms with Crippen LogP contribution in [0.3, 0.4) is 0 Å². The van der Waals surface area contributed by atoms with Crippen molar-refractivity contribution >= 4 is 17.2 Å². The van der Waals surface area contributed by atoms with Gasteiger partial charge in [0.15, 0.2) is 5.78 Å². The van der Waals surface area contributed by atoms with Crippen LogP contribution in [-0.4, -0.2) is 30.2 Å². The molecule has 38 heavy (non-hydrogen) atoms. The summed E-state index contributed by atoms with van der Waals surface area (Å²) in [7, 11) is 1.82. The summed E-state index contributed by atoms with van der Waals surface area (Å²) in [5.74, 6) is 1.20. The zero-order chi connectivity index (χ0) is 30.7. The Labute approximate surface area is 236 Å². The summed E-state index contributed by atoms with van der Waals surface area (Å²) >= 11 is 0. The van der Waals surface area contributed by atoms with Crippen molar-refractivity contribution in [1.82, 2.24) is 0 Å². The first-order valence-corrected chi connectivity index (χ1v) is 13.7. The van der Waals surface area contributed by atoms with Gasteiger partial charge in [-0.1, -0.05) is 79.2 Å². The summed E-state index contributed by atoms with van der Waals surface area (Å²) in [5, 5.41) is 12.4. The van der Waals surface area contributed by atoms with E-state index in [0.29, 0.717) is 13.0 Å². The predicted molar refractivity (Wildman–Crippen MR) is 174 cm³/mol. The second-order valence-corrected chi connectivity index (χ2v) is 8.55. The van der Waals surface area contributed by atoms with Gasteiger partial charge in [-0.3, -0.25) is 9.79 Å². The van der Waals surface area contributed by atoms with Gasteiger partial charge in [0.2, 0.25) is 0 Å². The van der Waals surface area contributed by atoms with Crippen LogP contribution in [0.1, 0.15) is 92.3 Å². The number of phenolic OH excluding ortho intramolecular Hbond substituents is 1. The minimum Gasteiger partial charge on any atom is -0.508 e. The van der Waals surface area contributed by atoms with E-state index in [1.807, 2.05) is 61.6 Å². The number of allylic oxidation sites excluding steroid dienone is 1. The Morgan fingerprint density at radius 3 is 1.92 bits per heavy atom. The van der Waals surface area contributed by atoms with E-state index in [1.54, 1.807) is 24.3 Å². The topological polar surface area (TPSA) is 61.7 Å². The molecule has 2 aromatic carbocycles. The summed E-state index contributed by atoms with van der Waals surface area (Å²) in [6.07, 6.45) is 2.18. The quantitative estimate of drug-likeness (QED) is 0.224. The van der Waals surface area contributed by atoms with Crippen LogP contribution in [0.15, 0.2) is 72.3 Å². The molecule has 2 aromatic rings. The number of carbonyl (C=O) groups excluding carboxylic acids is 1. The Balaban J connectivity index is -0.000000231. The Kier molecular flexibility index (Phi) is 31.4. The van der Waals surface area contributed by atoms with Crippen LogP contribution in [0.4, 0.5) is 5.69 Å². The van der Waals surface area contributed by atoms with Crippen molar-refractivity contribution in [2.75, 3.05) is 18.9 Å². The molecule has 0 atom stereocenters. The number of aliphatic imine (C=N–C) groups is 1. The second kappa shape index (κ2) is 28.4. The summed E-state index contributed by atoms with van der Waals surface area (Å²) in [4.78, 5) is 15.3. The van der Waals surface area contributed by atoms with Crippen LogP contribution in [0, 0.1) is 19.8 Å². The van der Waals surface area contributed by atoms with Gasteiger partial charge in [0.25, 0.3) is 0 Å². The highest BCUT2D eigenvalue weighted by molar-refractivity contribution is 5.98. The van der Waals surface area contributed by atoms with E-state index in [9.17, 15) is 9.90 Å². The van der Waals surface area contributed by atoms with Crippen LogP contribution < -0.4 is 5.32 Å². The summed E-state index contributed by atoms with van der Waals surface area (Å²) < 4.78 is 0. The molecule has 0 aliphatic carbocycles. The van der Waals surface area contributed by atoms with Crippen molar-refractivity contribution in [1.29, 1.82) is 0 Å². The van der Waals surface area contributed by atoms with Gasteiger partial charge in [0.05, 0.1) is 0 Å². The fourth-order valence-electron chi connectivity index (χ4n) is 2.38. The van der Waals surface area contributed by atoms with Gasteiger partial charge in [-0.15, -0.1) is 13.2 Å². The number of phenols is 1. The second-order valence-electron chi connectivity index (χ2n) is 8.55. The zero-order valence-corrected chi connectivity index (χ0v) is 26.8. The van der Waals surface area contributed by atoms with Gasteiger partial charge in [-0.05, 0) is 74.6 Å². The van der Waals surface area contributed by atoms with Crippen molar-refractivity contribution in [3.63, 3.8) is 0 Å². The molecular formula is C34H58N2O2. The van der Waals surface area contributed by atoms with Crippen molar-refractivity contribution < 1.29 is 9.90 Å². The van der Waals surface area contributed by atoms with Gasteiger partial charge < -0.3 is 10.4 Å². The van der Waals surface area contributed by atoms with Gasteiger partial charge in [0.1, 0.15) is 5.75 Å². The molecule has 4 heteroatoms. The third-order valence-electron chi connectivity index (χ3n) is 4.43. The maximum atomic E-state index is 11.1. The van der Waals surface area contributed by atoms with Crippen LogP contribution in [0.5, 0.6) is 5.75 Å². The molecule has 216 valence electrons. The first kappa shape index (κ1) is 42.0. The van der Waals surface area contributed by atoms with Gasteiger partial charge in [-0.25, -0.2) is 0 Å². The molecule has 0 aliphatic rings. The molecule has 0 unspecified atom stereocenters. The average Bonchev–Trinajstić information content (AvgIpc) is 2.92. The molecule has 0 aromatic heterocycles. The largest absolute Gasteiger partial charge is 0.508 e. The van der Waals surface area contributed by atoms with Crippen molar-refractivity contribution in [3.8, 4) is 5.75 Å². The molecule has 0 spiro atoms. The third kappa shape index (κ3) is 24.5. The van der Waals surface area contributed by atoms with Crippen molar-refractivity contribution in [2.24, 2.45) is 10.9 Å². The lowest BCUT2D eigenvalue weighted by molar-refractivity contribution is -0.114. The number of aryl methyl sites for hydroxylation is 2. The molecule has 4 nitrogen and oxygen atoms in total. The Morgan fingerprint density at radius 2 is 1.50 bits per heavy atom. The van der Waals surface area contributed by atoms with Crippen LogP contribution >= 0.6 is 0 Å². The van der Waals surface area contributed by atoms with E-state index >= 15 is 0 Å². The van der Waals surface area contributed by atoms with E-state index < -0.39 is 0 Å². The summed E-state index contributed by atoms with van der Waals surface area (Å²) in [6.45, 7) is 31.1. The van der Waals surface area contributed by atoms with Crippen LogP contribution in [0.25, 0.3) is 0 Å². The predicted octanol–water partition coefficient (Wildman–Crippen LogP) is 9.99. The maximum Gasteiger partial charge on any atom is 0.155 e. The molecule has 2 N–H and O–H groups in total. The SMILES string of the molecule is C=C.CC.CC.CC(C)C.CCC(=O)/C=C(\C)CNc1cccc(O)c1.CN=C(C)c1ccc(C)c(C)c1. The first-order valence-electron chi connectivity index (χ1n) is 13.7. The molecule has 0 bridgehead atoms. The lowest BCUT2D eigenvalue weighted by atomic mass is 10.0. The number of nitrogens with one attached hydrogen (secondary N) is 1. The number of rotatable bonds is 6. The smallest absolute Gasteiger partial charge is 0.155 e. The van der Waals surface area contributed by atoms with E-state index in [-0.39, 0.29) is 11.5 Å². The Hall–Kier alpha value is -3.14. The molecule has 0 saturated heterocycles. The highest BCUT2D eigenvalue weighted by atomic mass is 16.3. The number of aromatic hydroxyl groups is 1. The highest BCUT2D eigenvalue weighted by Crippen LogP contribution is 2.15. The van der Waals surface area contributed by atoms with Gasteiger partial charge in [0, 0.05) is 37.5 Å². The number of carbonyl (C=O) groups is 1. The number of anilines is 1. The Bertz CT molecular complexity index is 910. The fraction of sp³-hybridized carbons (Fsp3) is 0.471. The molecular weight excluding hydrogens is 468 g/mol. The molecule has 0 radical (unpaired) electrons. The van der Waals surface area contributed by atoms with Crippen molar-refractivity contribution in [3.05, 3.63) is 84.0 Å². The zero-order valence-electron chi connectivity index (χ0n) is 26.8. The Morgan fingerprint density at radius 1 is 0.974 bits per heavy atom. The van der Waals surface area contributed by atoms with E-state index in [0.717, 1.165) is 22.9 Å². The number of nitrogens with zero attached hydrogens (tertiary/aromatic N) is 1. The first-order chi connectivity index (χ1) is 18.0. The number of hydrogen-bond donors (Lipinski definition) is 2. The monoisotopic (exact) mass is 526 g/mol. The molecule has 0 fully saturated rings. The van der Waals surface area contributed by atoms with E-state index in [1.165, 1.54) is 16.7 Å². The van der Waals surface area contributed by atoms with E-state index in [4.69, 9.17) is 0 Å².